The highest BCUT2D eigenvalue weighted by Crippen LogP contribution is 2.29. The summed E-state index contributed by atoms with van der Waals surface area (Å²) in [5.74, 6) is 2.13. The summed E-state index contributed by atoms with van der Waals surface area (Å²) in [7, 11) is 1.58. The molecule has 0 fully saturated rings. The highest BCUT2D eigenvalue weighted by molar-refractivity contribution is 5.99. The van der Waals surface area contributed by atoms with E-state index >= 15 is 0 Å². The van der Waals surface area contributed by atoms with E-state index in [0.717, 1.165) is 25.1 Å². The van der Waals surface area contributed by atoms with Crippen LogP contribution in [0.25, 0.3) is 0 Å². The molecule has 2 rings (SSSR count). The molecule has 1 atom stereocenters. The number of nitrogens with zero attached hydrogens (tertiary/aromatic N) is 1. The van der Waals surface area contributed by atoms with Crippen LogP contribution < -0.4 is 10.1 Å². The van der Waals surface area contributed by atoms with Crippen LogP contribution in [0.3, 0.4) is 0 Å². The van der Waals surface area contributed by atoms with Crippen molar-refractivity contribution in [2.45, 2.75) is 26.2 Å². The second kappa shape index (κ2) is 6.27. The zero-order chi connectivity index (χ0) is 13.7. The fraction of sp³-hybridized carbons (Fsp3) is 0.400. The van der Waals surface area contributed by atoms with Crippen molar-refractivity contribution < 1.29 is 9.84 Å². The Morgan fingerprint density at radius 2 is 2.32 bits per heavy atom. The van der Waals surface area contributed by atoms with Crippen molar-refractivity contribution in [1.29, 1.82) is 0 Å². The van der Waals surface area contributed by atoms with Gasteiger partial charge in [-0.3, -0.25) is 0 Å². The van der Waals surface area contributed by atoms with E-state index in [4.69, 9.17) is 4.74 Å². The molecule has 0 spiro atoms. The van der Waals surface area contributed by atoms with Gasteiger partial charge in [0.05, 0.1) is 12.8 Å². The first-order chi connectivity index (χ1) is 9.24. The van der Waals surface area contributed by atoms with Crippen LogP contribution in [-0.4, -0.2) is 18.1 Å². The smallest absolute Gasteiger partial charge is 0.142 e. The molecule has 4 nitrogen and oxygen atoms in total. The van der Waals surface area contributed by atoms with E-state index in [2.05, 4.69) is 23.3 Å². The van der Waals surface area contributed by atoms with E-state index in [1.165, 1.54) is 0 Å². The molecule has 1 heterocycles. The van der Waals surface area contributed by atoms with Gasteiger partial charge in [0.15, 0.2) is 0 Å². The topological polar surface area (TPSA) is 53.9 Å². The van der Waals surface area contributed by atoms with Gasteiger partial charge in [-0.25, -0.2) is 4.99 Å². The van der Waals surface area contributed by atoms with Crippen molar-refractivity contribution in [3.05, 3.63) is 30.5 Å². The van der Waals surface area contributed by atoms with Gasteiger partial charge in [-0.2, -0.15) is 0 Å². The number of rotatable bonds is 4. The number of allylic oxidation sites excluding steroid dienone is 1. The number of methoxy groups -OCH3 is 1. The molecule has 19 heavy (non-hydrogen) atoms. The van der Waals surface area contributed by atoms with E-state index in [1.54, 1.807) is 19.2 Å². The molecule has 1 aromatic rings. The molecule has 1 aliphatic heterocycles. The highest BCUT2D eigenvalue weighted by Gasteiger charge is 2.17. The third-order valence-electron chi connectivity index (χ3n) is 3.23. The average Bonchev–Trinajstić information content (AvgIpc) is 2.43. The summed E-state index contributed by atoms with van der Waals surface area (Å²) in [6, 6.07) is 5.21. The average molecular weight is 260 g/mol. The molecule has 0 aliphatic carbocycles. The fourth-order valence-electron chi connectivity index (χ4n) is 2.19. The van der Waals surface area contributed by atoms with Gasteiger partial charge in [0.1, 0.15) is 17.3 Å². The number of phenols is 1. The second-order valence-corrected chi connectivity index (χ2v) is 4.63. The number of aliphatic imine (C=N–C) groups is 1. The van der Waals surface area contributed by atoms with Crippen LogP contribution in [0.2, 0.25) is 0 Å². The summed E-state index contributed by atoms with van der Waals surface area (Å²) in [5, 5.41) is 13.2. The van der Waals surface area contributed by atoms with E-state index in [0.29, 0.717) is 17.4 Å². The molecule has 0 radical (unpaired) electrons. The molecule has 0 saturated carbocycles. The zero-order valence-corrected chi connectivity index (χ0v) is 11.4. The SMILES string of the molecule is CCCC1CC=CN=C1Nc1ccc(OC)cc1O. The molecule has 4 heteroatoms. The van der Waals surface area contributed by atoms with Crippen molar-refractivity contribution >= 4 is 11.5 Å². The minimum atomic E-state index is 0.173. The first kappa shape index (κ1) is 13.5. The van der Waals surface area contributed by atoms with Gasteiger partial charge < -0.3 is 15.2 Å². The van der Waals surface area contributed by atoms with Crippen LogP contribution in [0.1, 0.15) is 26.2 Å². The van der Waals surface area contributed by atoms with Gasteiger partial charge in [0.25, 0.3) is 0 Å². The van der Waals surface area contributed by atoms with Crippen molar-refractivity contribution in [2.75, 3.05) is 12.4 Å². The summed E-state index contributed by atoms with van der Waals surface area (Å²) in [5.41, 5.74) is 0.663. The molecule has 0 bridgehead atoms. The normalized spacial score (nSPS) is 18.0. The third kappa shape index (κ3) is 3.28. The van der Waals surface area contributed by atoms with Crippen LogP contribution in [0.5, 0.6) is 11.5 Å². The Morgan fingerprint density at radius 3 is 3.00 bits per heavy atom. The van der Waals surface area contributed by atoms with Gasteiger partial charge in [-0.1, -0.05) is 19.4 Å². The predicted molar refractivity (Wildman–Crippen MR) is 77.9 cm³/mol. The summed E-state index contributed by atoms with van der Waals surface area (Å²) in [4.78, 5) is 4.39. The maximum atomic E-state index is 9.95. The van der Waals surface area contributed by atoms with Crippen molar-refractivity contribution in [3.8, 4) is 11.5 Å². The molecule has 2 N–H and O–H groups in total. The monoisotopic (exact) mass is 260 g/mol. The van der Waals surface area contributed by atoms with Gasteiger partial charge in [0.2, 0.25) is 0 Å². The van der Waals surface area contributed by atoms with Crippen LogP contribution >= 0.6 is 0 Å². The first-order valence-corrected chi connectivity index (χ1v) is 6.61. The minimum Gasteiger partial charge on any atom is -0.506 e. The second-order valence-electron chi connectivity index (χ2n) is 4.63. The number of ether oxygens (including phenoxy) is 1. The summed E-state index contributed by atoms with van der Waals surface area (Å²) in [6.07, 6.45) is 7.10. The quantitative estimate of drug-likeness (QED) is 0.814. The van der Waals surface area contributed by atoms with Crippen LogP contribution in [-0.2, 0) is 0 Å². The molecule has 0 saturated heterocycles. The molecule has 0 amide bonds. The van der Waals surface area contributed by atoms with E-state index in [-0.39, 0.29) is 5.75 Å². The summed E-state index contributed by atoms with van der Waals surface area (Å²) < 4.78 is 5.07. The predicted octanol–water partition coefficient (Wildman–Crippen LogP) is 3.54. The number of phenolic OH excluding ortho intramolecular Hbond substituents is 1. The summed E-state index contributed by atoms with van der Waals surface area (Å²) in [6.45, 7) is 2.17. The zero-order valence-electron chi connectivity index (χ0n) is 11.4. The number of hydrogen-bond acceptors (Lipinski definition) is 4. The lowest BCUT2D eigenvalue weighted by atomic mass is 9.96. The standard InChI is InChI=1S/C15H20N2O2/c1-3-5-11-6-4-9-16-15(11)17-13-8-7-12(19-2)10-14(13)18/h4,7-11,18H,3,5-6H2,1-2H3,(H,16,17). The number of benzene rings is 1. The first-order valence-electron chi connectivity index (χ1n) is 6.61. The lowest BCUT2D eigenvalue weighted by Crippen LogP contribution is -2.24. The van der Waals surface area contributed by atoms with E-state index < -0.39 is 0 Å². The van der Waals surface area contributed by atoms with Gasteiger partial charge >= 0.3 is 0 Å². The van der Waals surface area contributed by atoms with Gasteiger partial charge in [-0.15, -0.1) is 0 Å². The third-order valence-corrected chi connectivity index (χ3v) is 3.23. The number of aromatic hydroxyl groups is 1. The van der Waals surface area contributed by atoms with E-state index in [1.807, 2.05) is 12.3 Å². The molecule has 1 aromatic carbocycles. The van der Waals surface area contributed by atoms with E-state index in [9.17, 15) is 5.11 Å². The number of amidine groups is 1. The molecular formula is C15H20N2O2. The van der Waals surface area contributed by atoms with Crippen LogP contribution in [0.15, 0.2) is 35.5 Å². The molecule has 0 aromatic heterocycles. The minimum absolute atomic E-state index is 0.173. The Labute approximate surface area is 113 Å². The Kier molecular flexibility index (Phi) is 4.44. The van der Waals surface area contributed by atoms with Crippen molar-refractivity contribution in [2.24, 2.45) is 10.9 Å². The number of nitrogens with one attached hydrogen (secondary N) is 1. The summed E-state index contributed by atoms with van der Waals surface area (Å²) >= 11 is 0. The highest BCUT2D eigenvalue weighted by atomic mass is 16.5. The Morgan fingerprint density at radius 1 is 1.47 bits per heavy atom. The van der Waals surface area contributed by atoms with Crippen molar-refractivity contribution in [3.63, 3.8) is 0 Å². The lowest BCUT2D eigenvalue weighted by molar-refractivity contribution is 0.408. The van der Waals surface area contributed by atoms with Gasteiger partial charge in [0, 0.05) is 18.2 Å². The maximum absolute atomic E-state index is 9.95. The largest absolute Gasteiger partial charge is 0.506 e. The molecule has 1 unspecified atom stereocenters. The number of hydrogen-bond donors (Lipinski definition) is 2. The number of anilines is 1. The molecule has 1 aliphatic rings. The van der Waals surface area contributed by atoms with Crippen LogP contribution in [0.4, 0.5) is 5.69 Å². The Bertz CT molecular complexity index is 495. The fourth-order valence-corrected chi connectivity index (χ4v) is 2.19. The lowest BCUT2D eigenvalue weighted by Gasteiger charge is -2.21. The van der Waals surface area contributed by atoms with Crippen LogP contribution in [0, 0.1) is 5.92 Å². The van der Waals surface area contributed by atoms with Crippen molar-refractivity contribution in [1.82, 2.24) is 0 Å². The molecule has 102 valence electrons. The van der Waals surface area contributed by atoms with Gasteiger partial charge in [-0.05, 0) is 25.0 Å². The molecular weight excluding hydrogens is 240 g/mol. The Balaban J connectivity index is 2.15. The maximum Gasteiger partial charge on any atom is 0.142 e. The Hall–Kier alpha value is -1.97.